The number of piperidine rings is 1. The van der Waals surface area contributed by atoms with E-state index in [0.717, 1.165) is 30.5 Å². The van der Waals surface area contributed by atoms with Crippen molar-refractivity contribution in [1.29, 1.82) is 0 Å². The highest BCUT2D eigenvalue weighted by Gasteiger charge is 2.28. The van der Waals surface area contributed by atoms with E-state index in [1.165, 1.54) is 29.3 Å². The van der Waals surface area contributed by atoms with Crippen LogP contribution in [0.3, 0.4) is 0 Å². The Bertz CT molecular complexity index is 950. The number of nitrogens with one attached hydrogen (secondary N) is 1. The lowest BCUT2D eigenvalue weighted by atomic mass is 10.1. The summed E-state index contributed by atoms with van der Waals surface area (Å²) in [6.07, 6.45) is 4.88. The van der Waals surface area contributed by atoms with E-state index >= 15 is 0 Å². The molecule has 0 aromatic heterocycles. The van der Waals surface area contributed by atoms with Gasteiger partial charge in [-0.1, -0.05) is 29.8 Å². The number of sulfonamides is 1. The van der Waals surface area contributed by atoms with Crippen LogP contribution in [0.15, 0.2) is 48.5 Å². The van der Waals surface area contributed by atoms with E-state index in [1.54, 1.807) is 19.1 Å². The highest BCUT2D eigenvalue weighted by molar-refractivity contribution is 7.92. The molecule has 0 radical (unpaired) electrons. The number of nitrogens with zero attached hydrogens (tertiary/aromatic N) is 2. The first kappa shape index (κ1) is 22.2. The van der Waals surface area contributed by atoms with Crippen molar-refractivity contribution < 1.29 is 13.2 Å². The van der Waals surface area contributed by atoms with Crippen molar-refractivity contribution in [2.24, 2.45) is 0 Å². The van der Waals surface area contributed by atoms with Crippen molar-refractivity contribution in [2.75, 3.05) is 28.6 Å². The topological polar surface area (TPSA) is 69.7 Å². The zero-order valence-electron chi connectivity index (χ0n) is 18.0. The van der Waals surface area contributed by atoms with Crippen molar-refractivity contribution >= 4 is 27.3 Å². The molecule has 1 aliphatic heterocycles. The highest BCUT2D eigenvalue weighted by Crippen LogP contribution is 2.22. The number of aryl methyl sites for hydroxylation is 1. The second-order valence-electron chi connectivity index (χ2n) is 8.00. The zero-order valence-corrected chi connectivity index (χ0v) is 18.8. The van der Waals surface area contributed by atoms with Gasteiger partial charge in [-0.3, -0.25) is 9.10 Å². The van der Waals surface area contributed by atoms with Gasteiger partial charge in [-0.15, -0.1) is 0 Å². The van der Waals surface area contributed by atoms with Gasteiger partial charge < -0.3 is 10.2 Å². The molecule has 0 bridgehead atoms. The fraction of sp³-hybridized carbons (Fsp3) is 0.435. The van der Waals surface area contributed by atoms with E-state index in [9.17, 15) is 13.2 Å². The maximum atomic E-state index is 12.7. The van der Waals surface area contributed by atoms with Gasteiger partial charge in [0.2, 0.25) is 15.9 Å². The van der Waals surface area contributed by atoms with Gasteiger partial charge in [0.15, 0.2) is 0 Å². The lowest BCUT2D eigenvalue weighted by Gasteiger charge is -2.29. The quantitative estimate of drug-likeness (QED) is 0.732. The van der Waals surface area contributed by atoms with Crippen molar-refractivity contribution in [3.63, 3.8) is 0 Å². The van der Waals surface area contributed by atoms with Crippen LogP contribution in [0, 0.1) is 6.92 Å². The van der Waals surface area contributed by atoms with Crippen LogP contribution in [0.4, 0.5) is 11.4 Å². The second kappa shape index (κ2) is 9.51. The number of carbonyl (C=O) groups is 1. The third-order valence-corrected chi connectivity index (χ3v) is 6.74. The van der Waals surface area contributed by atoms with Gasteiger partial charge in [0.1, 0.15) is 6.04 Å². The Hall–Kier alpha value is -2.54. The second-order valence-corrected chi connectivity index (χ2v) is 9.86. The lowest BCUT2D eigenvalue weighted by molar-refractivity contribution is -0.122. The first-order valence-corrected chi connectivity index (χ1v) is 12.3. The molecule has 0 spiro atoms. The minimum atomic E-state index is -3.61. The third-order valence-electron chi connectivity index (χ3n) is 5.50. The van der Waals surface area contributed by atoms with E-state index in [1.807, 2.05) is 31.2 Å². The predicted octanol–water partition coefficient (Wildman–Crippen LogP) is 3.46. The first-order chi connectivity index (χ1) is 14.3. The first-order valence-electron chi connectivity index (χ1n) is 10.4. The fourth-order valence-corrected chi connectivity index (χ4v) is 4.99. The van der Waals surface area contributed by atoms with Crippen molar-refractivity contribution in [3.05, 3.63) is 59.7 Å². The molecular formula is C23H31N3O3S. The molecule has 0 saturated carbocycles. The molecule has 7 heteroatoms. The minimum Gasteiger partial charge on any atom is -0.372 e. The monoisotopic (exact) mass is 429 g/mol. The molecule has 6 nitrogen and oxygen atoms in total. The summed E-state index contributed by atoms with van der Waals surface area (Å²) in [6.45, 7) is 6.08. The number of rotatable bonds is 7. The summed E-state index contributed by atoms with van der Waals surface area (Å²) >= 11 is 0. The molecule has 0 unspecified atom stereocenters. The Morgan fingerprint density at radius 3 is 2.20 bits per heavy atom. The standard InChI is InChI=1S/C23H31N3O3S/c1-18-7-11-22(12-8-18)26(30(3,28)29)19(2)23(27)24-17-20-9-13-21(14-10-20)25-15-5-4-6-16-25/h7-14,19H,4-6,15-17H2,1-3H3,(H,24,27)/t19-/m0/s1. The van der Waals surface area contributed by atoms with Crippen LogP contribution in [0.5, 0.6) is 0 Å². The van der Waals surface area contributed by atoms with Gasteiger partial charge in [-0.2, -0.15) is 0 Å². The molecule has 1 fully saturated rings. The van der Waals surface area contributed by atoms with Crippen molar-refractivity contribution in [3.8, 4) is 0 Å². The maximum Gasteiger partial charge on any atom is 0.243 e. The van der Waals surface area contributed by atoms with E-state index in [2.05, 4.69) is 22.3 Å². The molecule has 0 aliphatic carbocycles. The smallest absolute Gasteiger partial charge is 0.243 e. The summed E-state index contributed by atoms with van der Waals surface area (Å²) in [4.78, 5) is 15.1. The van der Waals surface area contributed by atoms with Crippen LogP contribution in [-0.2, 0) is 21.4 Å². The zero-order chi connectivity index (χ0) is 21.7. The summed E-state index contributed by atoms with van der Waals surface area (Å²) in [5, 5.41) is 2.87. The molecule has 1 atom stereocenters. The average molecular weight is 430 g/mol. The van der Waals surface area contributed by atoms with Crippen LogP contribution in [0.2, 0.25) is 0 Å². The largest absolute Gasteiger partial charge is 0.372 e. The molecule has 30 heavy (non-hydrogen) atoms. The summed E-state index contributed by atoms with van der Waals surface area (Å²) in [5.74, 6) is -0.332. The van der Waals surface area contributed by atoms with Gasteiger partial charge >= 0.3 is 0 Å². The Morgan fingerprint density at radius 2 is 1.63 bits per heavy atom. The fourth-order valence-electron chi connectivity index (χ4n) is 3.81. The molecular weight excluding hydrogens is 398 g/mol. The molecule has 2 aromatic rings. The molecule has 1 amide bonds. The number of hydrogen-bond acceptors (Lipinski definition) is 4. The van der Waals surface area contributed by atoms with E-state index in [4.69, 9.17) is 0 Å². The van der Waals surface area contributed by atoms with Crippen LogP contribution in [0.1, 0.15) is 37.3 Å². The summed E-state index contributed by atoms with van der Waals surface area (Å²) < 4.78 is 25.9. The number of anilines is 2. The Kier molecular flexibility index (Phi) is 7.02. The van der Waals surface area contributed by atoms with Crippen molar-refractivity contribution in [2.45, 2.75) is 45.7 Å². The molecule has 1 saturated heterocycles. The lowest BCUT2D eigenvalue weighted by Crippen LogP contribution is -2.47. The number of hydrogen-bond donors (Lipinski definition) is 1. The van der Waals surface area contributed by atoms with Crippen LogP contribution in [0.25, 0.3) is 0 Å². The highest BCUT2D eigenvalue weighted by atomic mass is 32.2. The SMILES string of the molecule is Cc1ccc(N([C@@H](C)C(=O)NCc2ccc(N3CCCCC3)cc2)S(C)(=O)=O)cc1. The van der Waals surface area contributed by atoms with Gasteiger partial charge in [-0.25, -0.2) is 8.42 Å². The number of amides is 1. The summed E-state index contributed by atoms with van der Waals surface area (Å²) in [7, 11) is -3.61. The molecule has 3 rings (SSSR count). The third kappa shape index (κ3) is 5.53. The molecule has 1 aliphatic rings. The summed E-state index contributed by atoms with van der Waals surface area (Å²) in [5.41, 5.74) is 3.70. The Morgan fingerprint density at radius 1 is 1.03 bits per heavy atom. The van der Waals surface area contributed by atoms with Crippen LogP contribution < -0.4 is 14.5 Å². The molecule has 162 valence electrons. The predicted molar refractivity (Wildman–Crippen MR) is 122 cm³/mol. The summed E-state index contributed by atoms with van der Waals surface area (Å²) in [6, 6.07) is 14.5. The van der Waals surface area contributed by atoms with Gasteiger partial charge in [0.25, 0.3) is 0 Å². The normalized spacial score (nSPS) is 15.5. The van der Waals surface area contributed by atoms with E-state index in [-0.39, 0.29) is 5.91 Å². The Labute approximate surface area is 179 Å². The van der Waals surface area contributed by atoms with E-state index in [0.29, 0.717) is 12.2 Å². The molecule has 1 N–H and O–H groups in total. The van der Waals surface area contributed by atoms with Gasteiger partial charge in [0, 0.05) is 25.3 Å². The average Bonchev–Trinajstić information content (AvgIpc) is 2.73. The van der Waals surface area contributed by atoms with Crippen LogP contribution in [-0.4, -0.2) is 39.7 Å². The van der Waals surface area contributed by atoms with E-state index < -0.39 is 16.1 Å². The Balaban J connectivity index is 1.64. The number of benzene rings is 2. The van der Waals surface area contributed by atoms with Crippen LogP contribution >= 0.6 is 0 Å². The minimum absolute atomic E-state index is 0.332. The number of carbonyl (C=O) groups excluding carboxylic acids is 1. The van der Waals surface area contributed by atoms with Gasteiger partial charge in [-0.05, 0) is 62.9 Å². The maximum absolute atomic E-state index is 12.7. The molecule has 2 aromatic carbocycles. The van der Waals surface area contributed by atoms with Gasteiger partial charge in [0.05, 0.1) is 11.9 Å². The molecule has 1 heterocycles. The van der Waals surface area contributed by atoms with Crippen molar-refractivity contribution in [1.82, 2.24) is 5.32 Å².